The van der Waals surface area contributed by atoms with E-state index in [1.54, 1.807) is 0 Å². The third-order valence-corrected chi connectivity index (χ3v) is 6.88. The van der Waals surface area contributed by atoms with Crippen molar-refractivity contribution in [2.75, 3.05) is 13.1 Å². The molecule has 2 atom stereocenters. The van der Waals surface area contributed by atoms with Crippen molar-refractivity contribution in [1.82, 2.24) is 15.2 Å². The zero-order valence-electron chi connectivity index (χ0n) is 20.6. The minimum absolute atomic E-state index is 0.0694. The molecule has 1 heterocycles. The predicted octanol–water partition coefficient (Wildman–Crippen LogP) is 6.15. The van der Waals surface area contributed by atoms with Gasteiger partial charge in [0.15, 0.2) is 0 Å². The Labute approximate surface area is 205 Å². The Balaban J connectivity index is 1.40. The van der Waals surface area contributed by atoms with Crippen molar-refractivity contribution < 1.29 is 22.7 Å². The number of ether oxygens (including phenoxy) is 1. The first-order chi connectivity index (χ1) is 16.5. The van der Waals surface area contributed by atoms with Gasteiger partial charge in [-0.15, -0.1) is 0 Å². The molecule has 8 heteroatoms. The maximum Gasteiger partial charge on any atom is 0.433 e. The normalized spacial score (nSPS) is 21.2. The van der Waals surface area contributed by atoms with Crippen LogP contribution in [-0.2, 0) is 17.5 Å². The fraction of sp³-hybridized carbons (Fsp3) is 0.556. The number of carbonyl (C=O) groups is 1. The third kappa shape index (κ3) is 6.54. The minimum atomic E-state index is -4.44. The predicted molar refractivity (Wildman–Crippen MR) is 128 cm³/mol. The largest absolute Gasteiger partial charge is 0.444 e. The molecule has 35 heavy (non-hydrogen) atoms. The number of pyridine rings is 1. The Hall–Kier alpha value is -2.61. The monoisotopic (exact) mass is 489 g/mol. The fourth-order valence-electron chi connectivity index (χ4n) is 4.82. The second-order valence-corrected chi connectivity index (χ2v) is 10.9. The Morgan fingerprint density at radius 3 is 2.40 bits per heavy atom. The van der Waals surface area contributed by atoms with E-state index < -0.39 is 17.5 Å². The van der Waals surface area contributed by atoms with Gasteiger partial charge in [-0.25, -0.2) is 4.79 Å². The molecule has 0 aliphatic heterocycles. The standard InChI is InChI=1S/C27H34F3N3O2/c1-25(2,3)35-24(34)33(22-14-21(22)20-8-5-4-6-9-20)18-26(12-7-13-26)17-31-15-19-10-11-23(32-16-19)27(28,29)30/h4-6,8-11,16,21-22,31H,7,12-15,17-18H2,1-3H3/t21?,22-/m0/s1. The molecule has 5 nitrogen and oxygen atoms in total. The highest BCUT2D eigenvalue weighted by Gasteiger charge is 2.49. The lowest BCUT2D eigenvalue weighted by Gasteiger charge is -2.45. The van der Waals surface area contributed by atoms with Gasteiger partial charge in [0, 0.05) is 43.2 Å². The van der Waals surface area contributed by atoms with E-state index in [4.69, 9.17) is 4.74 Å². The van der Waals surface area contributed by atoms with E-state index in [0.717, 1.165) is 31.7 Å². The van der Waals surface area contributed by atoms with Crippen LogP contribution in [-0.4, -0.2) is 40.7 Å². The number of hydrogen-bond acceptors (Lipinski definition) is 4. The van der Waals surface area contributed by atoms with Gasteiger partial charge in [0.05, 0.1) is 0 Å². The van der Waals surface area contributed by atoms with E-state index >= 15 is 0 Å². The molecule has 0 spiro atoms. The average molecular weight is 490 g/mol. The summed E-state index contributed by atoms with van der Waals surface area (Å²) < 4.78 is 44.0. The van der Waals surface area contributed by atoms with Gasteiger partial charge in [-0.05, 0) is 57.2 Å². The van der Waals surface area contributed by atoms with Crippen molar-refractivity contribution in [1.29, 1.82) is 0 Å². The summed E-state index contributed by atoms with van der Waals surface area (Å²) in [5.74, 6) is 0.312. The number of halogens is 3. The first kappa shape index (κ1) is 25.5. The van der Waals surface area contributed by atoms with Crippen LogP contribution in [0.3, 0.4) is 0 Å². The molecule has 2 fully saturated rings. The number of aromatic nitrogens is 1. The molecule has 190 valence electrons. The molecule has 1 aromatic heterocycles. The summed E-state index contributed by atoms with van der Waals surface area (Å²) in [6.07, 6.45) is 0.556. The van der Waals surface area contributed by atoms with E-state index in [1.165, 1.54) is 17.8 Å². The summed E-state index contributed by atoms with van der Waals surface area (Å²) in [7, 11) is 0. The first-order valence-corrected chi connectivity index (χ1v) is 12.2. The maximum atomic E-state index is 13.2. The SMILES string of the molecule is CC(C)(C)OC(=O)N(CC1(CNCc2ccc(C(F)(F)F)nc2)CCC1)[C@H]1CC1c1ccccc1. The quantitative estimate of drug-likeness (QED) is 0.483. The van der Waals surface area contributed by atoms with Crippen LogP contribution in [0.4, 0.5) is 18.0 Å². The molecule has 0 saturated heterocycles. The van der Waals surface area contributed by atoms with Gasteiger partial charge < -0.3 is 15.0 Å². The van der Waals surface area contributed by atoms with Crippen LogP contribution >= 0.6 is 0 Å². The van der Waals surface area contributed by atoms with Crippen molar-refractivity contribution >= 4 is 6.09 Å². The molecular formula is C27H34F3N3O2. The average Bonchev–Trinajstić information content (AvgIpc) is 3.54. The van der Waals surface area contributed by atoms with Gasteiger partial charge in [0.25, 0.3) is 0 Å². The van der Waals surface area contributed by atoms with Gasteiger partial charge >= 0.3 is 12.3 Å². The molecule has 0 bridgehead atoms. The Bertz CT molecular complexity index is 999. The van der Waals surface area contributed by atoms with Crippen molar-refractivity contribution in [3.8, 4) is 0 Å². The second-order valence-electron chi connectivity index (χ2n) is 10.9. The van der Waals surface area contributed by atoms with Crippen molar-refractivity contribution in [3.05, 3.63) is 65.5 Å². The van der Waals surface area contributed by atoms with Crippen LogP contribution in [0.2, 0.25) is 0 Å². The molecule has 2 saturated carbocycles. The highest BCUT2D eigenvalue weighted by molar-refractivity contribution is 5.69. The molecule has 1 N–H and O–H groups in total. The van der Waals surface area contributed by atoms with E-state index in [0.29, 0.717) is 31.1 Å². The van der Waals surface area contributed by atoms with Crippen molar-refractivity contribution in [2.24, 2.45) is 5.41 Å². The summed E-state index contributed by atoms with van der Waals surface area (Å²) in [4.78, 5) is 18.7. The van der Waals surface area contributed by atoms with Crippen LogP contribution < -0.4 is 5.32 Å². The van der Waals surface area contributed by atoms with E-state index in [9.17, 15) is 18.0 Å². The molecule has 4 rings (SSSR count). The smallest absolute Gasteiger partial charge is 0.433 e. The Kier molecular flexibility index (Phi) is 7.13. The lowest BCUT2D eigenvalue weighted by molar-refractivity contribution is -0.141. The van der Waals surface area contributed by atoms with E-state index in [1.807, 2.05) is 43.9 Å². The highest BCUT2D eigenvalue weighted by atomic mass is 19.4. The molecule has 0 radical (unpaired) electrons. The number of hydrogen-bond donors (Lipinski definition) is 1. The third-order valence-electron chi connectivity index (χ3n) is 6.88. The first-order valence-electron chi connectivity index (χ1n) is 12.2. The number of amides is 1. The fourth-order valence-corrected chi connectivity index (χ4v) is 4.82. The molecule has 2 aromatic rings. The second kappa shape index (κ2) is 9.80. The lowest BCUT2D eigenvalue weighted by Crippen LogP contribution is -2.51. The van der Waals surface area contributed by atoms with Gasteiger partial charge in [-0.2, -0.15) is 13.2 Å². The van der Waals surface area contributed by atoms with Crippen LogP contribution in [0.1, 0.15) is 69.2 Å². The van der Waals surface area contributed by atoms with Crippen LogP contribution in [0.15, 0.2) is 48.7 Å². The molecular weight excluding hydrogens is 455 g/mol. The number of benzene rings is 1. The van der Waals surface area contributed by atoms with Gasteiger partial charge in [0.1, 0.15) is 11.3 Å². The number of nitrogens with one attached hydrogen (secondary N) is 1. The van der Waals surface area contributed by atoms with Crippen LogP contribution in [0.25, 0.3) is 0 Å². The van der Waals surface area contributed by atoms with Crippen molar-refractivity contribution in [2.45, 2.75) is 76.7 Å². The van der Waals surface area contributed by atoms with Gasteiger partial charge in [-0.3, -0.25) is 4.98 Å². The van der Waals surface area contributed by atoms with Gasteiger partial charge in [0.2, 0.25) is 0 Å². The molecule has 2 aliphatic carbocycles. The molecule has 1 unspecified atom stereocenters. The summed E-state index contributed by atoms with van der Waals surface area (Å²) >= 11 is 0. The zero-order valence-corrected chi connectivity index (χ0v) is 20.6. The molecule has 1 aromatic carbocycles. The summed E-state index contributed by atoms with van der Waals surface area (Å²) in [6, 6.07) is 12.8. The van der Waals surface area contributed by atoms with Gasteiger partial charge in [-0.1, -0.05) is 42.8 Å². The minimum Gasteiger partial charge on any atom is -0.444 e. The topological polar surface area (TPSA) is 54.5 Å². The number of alkyl halides is 3. The Morgan fingerprint density at radius 1 is 1.14 bits per heavy atom. The van der Waals surface area contributed by atoms with Crippen LogP contribution in [0, 0.1) is 5.41 Å². The summed E-state index contributed by atoms with van der Waals surface area (Å²) in [6.45, 7) is 7.34. The van der Waals surface area contributed by atoms with Crippen molar-refractivity contribution in [3.63, 3.8) is 0 Å². The number of carbonyl (C=O) groups excluding carboxylic acids is 1. The maximum absolute atomic E-state index is 13.2. The summed E-state index contributed by atoms with van der Waals surface area (Å²) in [5, 5.41) is 3.40. The van der Waals surface area contributed by atoms with E-state index in [-0.39, 0.29) is 17.6 Å². The van der Waals surface area contributed by atoms with E-state index in [2.05, 4.69) is 22.4 Å². The molecule has 1 amide bonds. The zero-order chi connectivity index (χ0) is 25.3. The number of rotatable bonds is 8. The van der Waals surface area contributed by atoms with Crippen LogP contribution in [0.5, 0.6) is 0 Å². The Morgan fingerprint density at radius 2 is 1.86 bits per heavy atom. The highest BCUT2D eigenvalue weighted by Crippen LogP contribution is 2.49. The lowest BCUT2D eigenvalue weighted by atomic mass is 9.68. The number of nitrogens with zero attached hydrogens (tertiary/aromatic N) is 2. The summed E-state index contributed by atoms with van der Waals surface area (Å²) in [5.41, 5.74) is 0.402. The molecule has 2 aliphatic rings.